The third-order valence-electron chi connectivity index (χ3n) is 5.89. The molecule has 0 bridgehead atoms. The smallest absolute Gasteiger partial charge is 0.349 e. The zero-order valence-electron chi connectivity index (χ0n) is 21.4. The Hall–Kier alpha value is -5.42. The zero-order valence-corrected chi connectivity index (χ0v) is 22.2. The number of nitro benzene ring substituents is 1. The third kappa shape index (κ3) is 6.01. The molecule has 3 aromatic heterocycles. The Balaban J connectivity index is 1.25. The van der Waals surface area contributed by atoms with Gasteiger partial charge in [0.2, 0.25) is 17.1 Å². The lowest BCUT2D eigenvalue weighted by molar-refractivity contribution is -0.384. The molecule has 2 amide bonds. The summed E-state index contributed by atoms with van der Waals surface area (Å²) in [6, 6.07) is 13.4. The van der Waals surface area contributed by atoms with E-state index in [1.165, 1.54) is 24.3 Å². The van der Waals surface area contributed by atoms with Gasteiger partial charge >= 0.3 is 11.7 Å². The summed E-state index contributed by atoms with van der Waals surface area (Å²) in [5.74, 6) is 0.136. The van der Waals surface area contributed by atoms with Crippen LogP contribution in [0.5, 0.6) is 0 Å². The van der Waals surface area contributed by atoms with Gasteiger partial charge in [0.15, 0.2) is 0 Å². The van der Waals surface area contributed by atoms with Crippen molar-refractivity contribution in [2.75, 3.05) is 41.8 Å². The molecule has 0 spiro atoms. The van der Waals surface area contributed by atoms with Gasteiger partial charge in [-0.15, -0.1) is 10.2 Å². The molecule has 4 heterocycles. The molecular formula is C25H19N9O7S. The largest absolute Gasteiger partial charge is 0.422 e. The van der Waals surface area contributed by atoms with Crippen molar-refractivity contribution in [1.29, 1.82) is 0 Å². The number of rotatable bonds is 7. The molecule has 1 saturated heterocycles. The number of aromatic nitrogens is 5. The fourth-order valence-corrected chi connectivity index (χ4v) is 4.58. The van der Waals surface area contributed by atoms with Crippen molar-refractivity contribution >= 4 is 52.0 Å². The quantitative estimate of drug-likeness (QED) is 0.158. The fraction of sp³-hybridized carbons (Fsp3) is 0.160. The van der Waals surface area contributed by atoms with Gasteiger partial charge < -0.3 is 23.8 Å². The van der Waals surface area contributed by atoms with Crippen LogP contribution in [0.2, 0.25) is 0 Å². The maximum atomic E-state index is 12.7. The maximum absolute atomic E-state index is 12.7. The number of nitrogens with zero attached hydrogens (tertiary/aromatic N) is 7. The highest BCUT2D eigenvalue weighted by molar-refractivity contribution is 7.98. The van der Waals surface area contributed by atoms with Crippen LogP contribution in [0.3, 0.4) is 0 Å². The van der Waals surface area contributed by atoms with E-state index in [9.17, 15) is 19.7 Å². The monoisotopic (exact) mass is 589 g/mol. The van der Waals surface area contributed by atoms with Gasteiger partial charge in [-0.3, -0.25) is 15.4 Å². The van der Waals surface area contributed by atoms with Crippen LogP contribution in [0, 0.1) is 10.1 Å². The summed E-state index contributed by atoms with van der Waals surface area (Å²) in [4.78, 5) is 50.7. The van der Waals surface area contributed by atoms with Gasteiger partial charge in [-0.05, 0) is 18.2 Å². The Morgan fingerprint density at radius 3 is 2.64 bits per heavy atom. The molecule has 212 valence electrons. The van der Waals surface area contributed by atoms with Gasteiger partial charge in [-0.1, -0.05) is 24.3 Å². The number of benzene rings is 2. The molecule has 42 heavy (non-hydrogen) atoms. The lowest BCUT2D eigenvalue weighted by Gasteiger charge is -2.26. The molecule has 0 radical (unpaired) electrons. The summed E-state index contributed by atoms with van der Waals surface area (Å²) >= 11 is 0.901. The van der Waals surface area contributed by atoms with Crippen LogP contribution < -0.4 is 21.2 Å². The second kappa shape index (κ2) is 11.6. The third-order valence-corrected chi connectivity index (χ3v) is 6.60. The number of hydrogen-bond donors (Lipinski definition) is 2. The first-order chi connectivity index (χ1) is 20.4. The van der Waals surface area contributed by atoms with Crippen LogP contribution in [0.15, 0.2) is 78.6 Å². The number of carbonyl (C=O) groups is 1. The second-order valence-electron chi connectivity index (χ2n) is 8.69. The Bertz CT molecular complexity index is 1860. The average molecular weight is 590 g/mol. The molecule has 1 aliphatic rings. The molecule has 1 aliphatic heterocycles. The van der Waals surface area contributed by atoms with E-state index in [0.717, 1.165) is 11.8 Å². The lowest BCUT2D eigenvalue weighted by atomic mass is 10.2. The van der Waals surface area contributed by atoms with Crippen molar-refractivity contribution in [2.24, 2.45) is 0 Å². The number of non-ortho nitro benzene ring substituents is 1. The average Bonchev–Trinajstić information content (AvgIpc) is 3.45. The van der Waals surface area contributed by atoms with Gasteiger partial charge in [-0.2, -0.15) is 15.0 Å². The molecule has 0 saturated carbocycles. The number of anilines is 3. The van der Waals surface area contributed by atoms with Crippen molar-refractivity contribution < 1.29 is 23.3 Å². The predicted octanol–water partition coefficient (Wildman–Crippen LogP) is 3.57. The van der Waals surface area contributed by atoms with Gasteiger partial charge in [0.1, 0.15) is 11.1 Å². The number of para-hydroxylation sites is 1. The number of urea groups is 1. The first kappa shape index (κ1) is 26.8. The van der Waals surface area contributed by atoms with Gasteiger partial charge in [0.25, 0.3) is 16.8 Å². The van der Waals surface area contributed by atoms with Gasteiger partial charge in [-0.25, -0.2) is 9.59 Å². The number of morpholine rings is 1. The highest BCUT2D eigenvalue weighted by Crippen LogP contribution is 2.29. The number of hydrogen-bond acceptors (Lipinski definition) is 14. The number of ether oxygens (including phenoxy) is 1. The van der Waals surface area contributed by atoms with E-state index in [-0.39, 0.29) is 45.1 Å². The van der Waals surface area contributed by atoms with E-state index in [0.29, 0.717) is 37.3 Å². The molecule has 0 atom stereocenters. The Morgan fingerprint density at radius 1 is 0.976 bits per heavy atom. The van der Waals surface area contributed by atoms with E-state index in [1.807, 2.05) is 11.0 Å². The van der Waals surface area contributed by atoms with Crippen molar-refractivity contribution in [3.05, 3.63) is 75.1 Å². The topological polar surface area (TPSA) is 205 Å². The predicted molar refractivity (Wildman–Crippen MR) is 148 cm³/mol. The van der Waals surface area contributed by atoms with Gasteiger partial charge in [0, 0.05) is 48.1 Å². The van der Waals surface area contributed by atoms with Gasteiger partial charge in [0.05, 0.1) is 18.1 Å². The summed E-state index contributed by atoms with van der Waals surface area (Å²) in [5, 5.41) is 24.9. The minimum absolute atomic E-state index is 0.0312. The maximum Gasteiger partial charge on any atom is 0.349 e. The van der Waals surface area contributed by atoms with E-state index < -0.39 is 16.6 Å². The molecule has 0 unspecified atom stereocenters. The van der Waals surface area contributed by atoms with Crippen LogP contribution in [-0.2, 0) is 4.74 Å². The summed E-state index contributed by atoms with van der Waals surface area (Å²) < 4.78 is 16.5. The number of carbonyl (C=O) groups excluding carboxylic acids is 1. The molecule has 2 N–H and O–H groups in total. The second-order valence-corrected chi connectivity index (χ2v) is 9.61. The lowest BCUT2D eigenvalue weighted by Crippen LogP contribution is -2.37. The van der Waals surface area contributed by atoms with Crippen LogP contribution in [0.4, 0.5) is 28.1 Å². The summed E-state index contributed by atoms with van der Waals surface area (Å²) in [6.07, 6.45) is 0. The van der Waals surface area contributed by atoms with Crippen LogP contribution in [0.1, 0.15) is 0 Å². The Kier molecular flexibility index (Phi) is 7.39. The van der Waals surface area contributed by atoms with Crippen LogP contribution in [0.25, 0.3) is 22.4 Å². The highest BCUT2D eigenvalue weighted by atomic mass is 32.2. The number of amides is 2. The summed E-state index contributed by atoms with van der Waals surface area (Å²) in [6.45, 7) is 1.95. The first-order valence-electron chi connectivity index (χ1n) is 12.4. The molecule has 6 rings (SSSR count). The molecule has 5 aromatic rings. The zero-order chi connectivity index (χ0) is 29.1. The molecule has 16 nitrogen and oxygen atoms in total. The number of nitrogens with one attached hydrogen (secondary N) is 2. The SMILES string of the molecule is O=C(Nc1cccc([N+](=O)[O-])c1)Nc1nc(Sc2nnc(-c3cc4ccccc4oc3=O)o2)nc(N2CCOCC2)n1. The first-order valence-corrected chi connectivity index (χ1v) is 13.2. The summed E-state index contributed by atoms with van der Waals surface area (Å²) in [5.41, 5.74) is -0.0875. The normalized spacial score (nSPS) is 13.2. The Labute approximate surface area is 239 Å². The fourth-order valence-electron chi connectivity index (χ4n) is 3.96. The van der Waals surface area contributed by atoms with Crippen LogP contribution >= 0.6 is 11.8 Å². The van der Waals surface area contributed by atoms with E-state index in [4.69, 9.17) is 13.6 Å². The van der Waals surface area contributed by atoms with Crippen molar-refractivity contribution in [3.8, 4) is 11.5 Å². The van der Waals surface area contributed by atoms with E-state index >= 15 is 0 Å². The highest BCUT2D eigenvalue weighted by Gasteiger charge is 2.21. The molecule has 1 fully saturated rings. The van der Waals surface area contributed by atoms with Crippen molar-refractivity contribution in [1.82, 2.24) is 25.1 Å². The molecule has 17 heteroatoms. The van der Waals surface area contributed by atoms with E-state index in [2.05, 4.69) is 35.8 Å². The van der Waals surface area contributed by atoms with Crippen molar-refractivity contribution in [2.45, 2.75) is 10.4 Å². The molecule has 0 aliphatic carbocycles. The molecular weight excluding hydrogens is 570 g/mol. The summed E-state index contributed by atoms with van der Waals surface area (Å²) in [7, 11) is 0. The Morgan fingerprint density at radius 2 is 1.81 bits per heavy atom. The van der Waals surface area contributed by atoms with Crippen molar-refractivity contribution in [3.63, 3.8) is 0 Å². The minimum atomic E-state index is -0.728. The minimum Gasteiger partial charge on any atom is -0.422 e. The van der Waals surface area contributed by atoms with E-state index in [1.54, 1.807) is 24.3 Å². The standard InChI is InChI=1S/C25H19N9O7S/c35-20-17(12-14-4-1-2-7-18(14)40-20)19-31-32-25(41-19)42-24-29-21(27-22(30-24)33-8-10-39-11-9-33)28-23(36)26-15-5-3-6-16(13-15)34(37)38/h1-7,12-13H,8-11H2,(H2,26,27,28,29,30,36). The number of nitro groups is 1. The van der Waals surface area contributed by atoms with Crippen LogP contribution in [-0.4, -0.2) is 62.4 Å². The molecule has 2 aromatic carbocycles. The number of fused-ring (bicyclic) bond motifs is 1.